The van der Waals surface area contributed by atoms with Gasteiger partial charge in [-0.15, -0.1) is 13.2 Å². The first kappa shape index (κ1) is 15.2. The number of ether oxygens (including phenoxy) is 1. The summed E-state index contributed by atoms with van der Waals surface area (Å²) in [6.07, 6.45) is -4.95. The van der Waals surface area contributed by atoms with E-state index < -0.39 is 18.0 Å². The highest BCUT2D eigenvalue weighted by molar-refractivity contribution is 6.30. The van der Waals surface area contributed by atoms with Gasteiger partial charge in [0, 0.05) is 10.6 Å². The zero-order chi connectivity index (χ0) is 15.6. The predicted molar refractivity (Wildman–Crippen MR) is 72.1 cm³/mol. The summed E-state index contributed by atoms with van der Waals surface area (Å²) < 4.78 is 41.7. The molecule has 2 aromatic carbocycles. The molecule has 0 fully saturated rings. The van der Waals surface area contributed by atoms with E-state index in [2.05, 4.69) is 4.74 Å². The molecule has 21 heavy (non-hydrogen) atoms. The Hall–Kier alpha value is -2.21. The van der Waals surface area contributed by atoms with Gasteiger partial charge in [0.1, 0.15) is 5.75 Å². The lowest BCUT2D eigenvalue weighted by Gasteiger charge is -2.16. The van der Waals surface area contributed by atoms with Gasteiger partial charge in [-0.2, -0.15) is 0 Å². The Balaban J connectivity index is 2.65. The summed E-state index contributed by atoms with van der Waals surface area (Å²) in [4.78, 5) is 11.3. The Morgan fingerprint density at radius 2 is 1.81 bits per heavy atom. The molecule has 0 radical (unpaired) electrons. The van der Waals surface area contributed by atoms with E-state index in [1.54, 1.807) is 18.2 Å². The third kappa shape index (κ3) is 3.66. The van der Waals surface area contributed by atoms with E-state index in [0.29, 0.717) is 10.6 Å². The van der Waals surface area contributed by atoms with Gasteiger partial charge in [-0.25, -0.2) is 0 Å². The van der Waals surface area contributed by atoms with Gasteiger partial charge in [-0.1, -0.05) is 35.9 Å². The Morgan fingerprint density at radius 1 is 1.14 bits per heavy atom. The Morgan fingerprint density at radius 3 is 2.38 bits per heavy atom. The molecule has 0 bridgehead atoms. The Bertz CT molecular complexity index is 686. The van der Waals surface area contributed by atoms with Crippen LogP contribution in [0, 0.1) is 0 Å². The van der Waals surface area contributed by atoms with Gasteiger partial charge in [0.25, 0.3) is 5.91 Å². The van der Waals surface area contributed by atoms with Crippen molar-refractivity contribution in [3.05, 3.63) is 53.1 Å². The van der Waals surface area contributed by atoms with Crippen molar-refractivity contribution in [2.24, 2.45) is 5.73 Å². The predicted octanol–water partition coefficient (Wildman–Crippen LogP) is 4.00. The average Bonchev–Trinajstić information content (AvgIpc) is 2.36. The fourth-order valence-corrected chi connectivity index (χ4v) is 2.03. The van der Waals surface area contributed by atoms with E-state index in [0.717, 1.165) is 6.07 Å². The van der Waals surface area contributed by atoms with Crippen molar-refractivity contribution in [2.45, 2.75) is 6.36 Å². The Kier molecular flexibility index (Phi) is 4.09. The average molecular weight is 316 g/mol. The maximum Gasteiger partial charge on any atom is 0.573 e. The first-order chi connectivity index (χ1) is 9.78. The summed E-state index contributed by atoms with van der Waals surface area (Å²) in [7, 11) is 0. The summed E-state index contributed by atoms with van der Waals surface area (Å²) in [5, 5.41) is 0.343. The zero-order valence-electron chi connectivity index (χ0n) is 10.4. The van der Waals surface area contributed by atoms with Gasteiger partial charge < -0.3 is 10.5 Å². The van der Waals surface area contributed by atoms with Crippen LogP contribution in [-0.2, 0) is 0 Å². The molecule has 0 aliphatic rings. The molecule has 0 aliphatic heterocycles. The fraction of sp³-hybridized carbons (Fsp3) is 0.0714. The van der Waals surface area contributed by atoms with Crippen LogP contribution < -0.4 is 10.5 Å². The third-order valence-corrected chi connectivity index (χ3v) is 2.87. The van der Waals surface area contributed by atoms with E-state index in [4.69, 9.17) is 17.3 Å². The van der Waals surface area contributed by atoms with Gasteiger partial charge in [0.15, 0.2) is 0 Å². The molecule has 2 aromatic rings. The van der Waals surface area contributed by atoms with Gasteiger partial charge in [-0.05, 0) is 23.8 Å². The molecule has 0 aromatic heterocycles. The van der Waals surface area contributed by atoms with E-state index >= 15 is 0 Å². The van der Waals surface area contributed by atoms with Crippen LogP contribution in [0.25, 0.3) is 11.1 Å². The maximum absolute atomic E-state index is 12.6. The standard InChI is InChI=1S/C14H9ClF3NO2/c15-9-4-1-3-8(7-9)10-5-2-6-11(13(19)20)12(10)21-14(16,17)18/h1-7H,(H2,19,20). The number of alkyl halides is 3. The fourth-order valence-electron chi connectivity index (χ4n) is 1.84. The molecule has 2 rings (SSSR count). The first-order valence-corrected chi connectivity index (χ1v) is 6.10. The van der Waals surface area contributed by atoms with Gasteiger partial charge in [0.2, 0.25) is 0 Å². The molecule has 3 nitrogen and oxygen atoms in total. The van der Waals surface area contributed by atoms with Crippen molar-refractivity contribution in [1.82, 2.24) is 0 Å². The summed E-state index contributed by atoms with van der Waals surface area (Å²) in [5.74, 6) is -1.65. The highest BCUT2D eigenvalue weighted by Crippen LogP contribution is 2.37. The molecular weight excluding hydrogens is 307 g/mol. The minimum Gasteiger partial charge on any atom is -0.404 e. The van der Waals surface area contributed by atoms with E-state index in [9.17, 15) is 18.0 Å². The second-order valence-electron chi connectivity index (χ2n) is 4.10. The highest BCUT2D eigenvalue weighted by atomic mass is 35.5. The third-order valence-electron chi connectivity index (χ3n) is 2.63. The van der Waals surface area contributed by atoms with Crippen LogP contribution >= 0.6 is 11.6 Å². The molecule has 1 amide bonds. The number of hydrogen-bond donors (Lipinski definition) is 1. The molecule has 0 unspecified atom stereocenters. The smallest absolute Gasteiger partial charge is 0.404 e. The highest BCUT2D eigenvalue weighted by Gasteiger charge is 2.34. The number of primary amides is 1. The lowest BCUT2D eigenvalue weighted by molar-refractivity contribution is -0.274. The maximum atomic E-state index is 12.6. The van der Waals surface area contributed by atoms with Crippen molar-refractivity contribution in [2.75, 3.05) is 0 Å². The van der Waals surface area contributed by atoms with E-state index in [-0.39, 0.29) is 11.1 Å². The number of rotatable bonds is 3. The van der Waals surface area contributed by atoms with Crippen LogP contribution in [0.4, 0.5) is 13.2 Å². The number of nitrogens with two attached hydrogens (primary N) is 1. The topological polar surface area (TPSA) is 52.3 Å². The minimum absolute atomic E-state index is 0.0751. The first-order valence-electron chi connectivity index (χ1n) is 5.72. The van der Waals surface area contributed by atoms with Gasteiger partial charge >= 0.3 is 6.36 Å². The molecule has 0 saturated carbocycles. The molecule has 0 saturated heterocycles. The Labute approximate surface area is 123 Å². The molecular formula is C14H9ClF3NO2. The van der Waals surface area contributed by atoms with Crippen LogP contribution in [0.3, 0.4) is 0 Å². The largest absolute Gasteiger partial charge is 0.573 e. The van der Waals surface area contributed by atoms with Crippen LogP contribution in [-0.4, -0.2) is 12.3 Å². The summed E-state index contributed by atoms with van der Waals surface area (Å²) in [6.45, 7) is 0. The minimum atomic E-state index is -4.95. The normalized spacial score (nSPS) is 11.2. The molecule has 2 N–H and O–H groups in total. The molecule has 0 heterocycles. The number of carbonyl (C=O) groups is 1. The second kappa shape index (κ2) is 5.65. The lowest BCUT2D eigenvalue weighted by Crippen LogP contribution is -2.21. The monoisotopic (exact) mass is 315 g/mol. The molecule has 0 spiro atoms. The molecule has 7 heteroatoms. The number of benzene rings is 2. The van der Waals surface area contributed by atoms with E-state index in [1.807, 2.05) is 0 Å². The van der Waals surface area contributed by atoms with Crippen molar-refractivity contribution < 1.29 is 22.7 Å². The van der Waals surface area contributed by atoms with E-state index in [1.165, 1.54) is 18.2 Å². The summed E-state index contributed by atoms with van der Waals surface area (Å²) in [6, 6.07) is 10.1. The number of amides is 1. The van der Waals surface area contributed by atoms with Gasteiger partial charge in [0.05, 0.1) is 5.56 Å². The van der Waals surface area contributed by atoms with Crippen molar-refractivity contribution >= 4 is 17.5 Å². The van der Waals surface area contributed by atoms with Gasteiger partial charge in [-0.3, -0.25) is 4.79 Å². The molecule has 0 atom stereocenters. The number of hydrogen-bond acceptors (Lipinski definition) is 2. The summed E-state index contributed by atoms with van der Waals surface area (Å²) >= 11 is 5.83. The quantitative estimate of drug-likeness (QED) is 0.930. The van der Waals surface area contributed by atoms with Crippen LogP contribution in [0.5, 0.6) is 5.75 Å². The molecule has 0 aliphatic carbocycles. The number of carbonyl (C=O) groups excluding carboxylic acids is 1. The lowest BCUT2D eigenvalue weighted by atomic mass is 10.0. The second-order valence-corrected chi connectivity index (χ2v) is 4.54. The van der Waals surface area contributed by atoms with Crippen molar-refractivity contribution in [3.63, 3.8) is 0 Å². The SMILES string of the molecule is NC(=O)c1cccc(-c2cccc(Cl)c2)c1OC(F)(F)F. The van der Waals surface area contributed by atoms with Crippen molar-refractivity contribution in [3.8, 4) is 16.9 Å². The summed E-state index contributed by atoms with van der Waals surface area (Å²) in [5.41, 5.74) is 5.20. The number of para-hydroxylation sites is 1. The zero-order valence-corrected chi connectivity index (χ0v) is 11.2. The van der Waals surface area contributed by atoms with Crippen LogP contribution in [0.2, 0.25) is 5.02 Å². The number of halogens is 4. The van der Waals surface area contributed by atoms with Crippen LogP contribution in [0.15, 0.2) is 42.5 Å². The molecule has 110 valence electrons. The van der Waals surface area contributed by atoms with Crippen LogP contribution in [0.1, 0.15) is 10.4 Å². The van der Waals surface area contributed by atoms with Crippen molar-refractivity contribution in [1.29, 1.82) is 0 Å².